The van der Waals surface area contributed by atoms with E-state index >= 15 is 0 Å². The molecule has 0 saturated carbocycles. The Bertz CT molecular complexity index is 1200. The number of ether oxygens (including phenoxy) is 2. The molecule has 0 N–H and O–H groups in total. The molecule has 0 saturated heterocycles. The number of halogens is 1. The SMILES string of the molecule is O=C(CC(Cc1ccc(Cl)cc1)C(=O)Oc1ccc([N+](=O)[O-])cc1)Oc1ccc([N+](=O)[O-])cc1. The van der Waals surface area contributed by atoms with Gasteiger partial charge in [0.2, 0.25) is 0 Å². The summed E-state index contributed by atoms with van der Waals surface area (Å²) in [7, 11) is 0. The lowest BCUT2D eigenvalue weighted by Gasteiger charge is -2.16. The van der Waals surface area contributed by atoms with Crippen molar-refractivity contribution < 1.29 is 28.9 Å². The van der Waals surface area contributed by atoms with Crippen LogP contribution in [-0.2, 0) is 16.0 Å². The molecule has 3 rings (SSSR count). The molecule has 0 aromatic heterocycles. The first-order valence-corrected chi connectivity index (χ1v) is 10.2. The first kappa shape index (κ1) is 24.3. The molecule has 11 heteroatoms. The van der Waals surface area contributed by atoms with Crippen LogP contribution >= 0.6 is 11.6 Å². The Kier molecular flexibility index (Phi) is 7.88. The van der Waals surface area contributed by atoms with Crippen LogP contribution in [0.4, 0.5) is 11.4 Å². The van der Waals surface area contributed by atoms with Crippen LogP contribution < -0.4 is 9.47 Å². The predicted molar refractivity (Wildman–Crippen MR) is 121 cm³/mol. The molecule has 0 bridgehead atoms. The molecule has 1 atom stereocenters. The number of esters is 2. The topological polar surface area (TPSA) is 139 Å². The number of hydrogen-bond acceptors (Lipinski definition) is 8. The minimum Gasteiger partial charge on any atom is -0.427 e. The molecule has 10 nitrogen and oxygen atoms in total. The van der Waals surface area contributed by atoms with E-state index in [1.54, 1.807) is 24.3 Å². The second kappa shape index (κ2) is 11.0. The van der Waals surface area contributed by atoms with Gasteiger partial charge in [0, 0.05) is 29.3 Å². The third kappa shape index (κ3) is 6.84. The predicted octanol–water partition coefficient (Wildman–Crippen LogP) is 4.92. The highest BCUT2D eigenvalue weighted by atomic mass is 35.5. The minimum absolute atomic E-state index is 0.0837. The summed E-state index contributed by atoms with van der Waals surface area (Å²) in [6.45, 7) is 0. The number of rotatable bonds is 9. The number of nitrogens with zero attached hydrogens (tertiary/aromatic N) is 2. The first-order valence-electron chi connectivity index (χ1n) is 9.87. The van der Waals surface area contributed by atoms with Gasteiger partial charge in [-0.3, -0.25) is 29.8 Å². The maximum atomic E-state index is 12.8. The van der Waals surface area contributed by atoms with Crippen molar-refractivity contribution in [1.82, 2.24) is 0 Å². The Labute approximate surface area is 198 Å². The van der Waals surface area contributed by atoms with Gasteiger partial charge in [-0.15, -0.1) is 0 Å². The van der Waals surface area contributed by atoms with Crippen LogP contribution in [0.5, 0.6) is 11.5 Å². The fraction of sp³-hybridized carbons (Fsp3) is 0.130. The molecule has 0 spiro atoms. The quantitative estimate of drug-likeness (QED) is 0.180. The number of nitro benzene ring substituents is 2. The van der Waals surface area contributed by atoms with E-state index in [4.69, 9.17) is 21.1 Å². The highest BCUT2D eigenvalue weighted by molar-refractivity contribution is 6.30. The molecule has 3 aromatic rings. The maximum absolute atomic E-state index is 12.8. The molecule has 0 aliphatic heterocycles. The summed E-state index contributed by atoms with van der Waals surface area (Å²) in [4.78, 5) is 45.7. The molecular formula is C23H17ClN2O8. The summed E-state index contributed by atoms with van der Waals surface area (Å²) in [6.07, 6.45) is -0.205. The van der Waals surface area contributed by atoms with Crippen LogP contribution in [-0.4, -0.2) is 21.8 Å². The third-order valence-corrected chi connectivity index (χ3v) is 4.94. The number of non-ortho nitro benzene ring substituents is 2. The van der Waals surface area contributed by atoms with Gasteiger partial charge in [0.05, 0.1) is 22.2 Å². The number of benzene rings is 3. The van der Waals surface area contributed by atoms with Crippen LogP contribution in [0, 0.1) is 26.1 Å². The van der Waals surface area contributed by atoms with Gasteiger partial charge < -0.3 is 9.47 Å². The second-order valence-corrected chi connectivity index (χ2v) is 7.57. The van der Waals surface area contributed by atoms with E-state index < -0.39 is 27.7 Å². The second-order valence-electron chi connectivity index (χ2n) is 7.13. The van der Waals surface area contributed by atoms with Gasteiger partial charge in [-0.1, -0.05) is 23.7 Å². The number of carbonyl (C=O) groups excluding carboxylic acids is 2. The molecule has 0 aliphatic carbocycles. The Hall–Kier alpha value is -4.31. The van der Waals surface area contributed by atoms with Gasteiger partial charge in [0.1, 0.15) is 11.5 Å². The van der Waals surface area contributed by atoms with E-state index in [9.17, 15) is 29.8 Å². The molecule has 0 radical (unpaired) electrons. The van der Waals surface area contributed by atoms with Gasteiger partial charge in [0.25, 0.3) is 11.4 Å². The highest BCUT2D eigenvalue weighted by Gasteiger charge is 2.26. The molecule has 0 fully saturated rings. The molecule has 0 amide bonds. The van der Waals surface area contributed by atoms with Crippen LogP contribution in [0.3, 0.4) is 0 Å². The molecule has 0 heterocycles. The van der Waals surface area contributed by atoms with Crippen molar-refractivity contribution in [3.8, 4) is 11.5 Å². The van der Waals surface area contributed by atoms with E-state index in [1.165, 1.54) is 48.5 Å². The van der Waals surface area contributed by atoms with Gasteiger partial charge in [-0.2, -0.15) is 0 Å². The lowest BCUT2D eigenvalue weighted by Crippen LogP contribution is -2.27. The Morgan fingerprint density at radius 2 is 1.24 bits per heavy atom. The zero-order chi connectivity index (χ0) is 24.7. The summed E-state index contributed by atoms with van der Waals surface area (Å²) in [5.74, 6) is -2.25. The summed E-state index contributed by atoms with van der Waals surface area (Å²) in [6, 6.07) is 16.6. The summed E-state index contributed by atoms with van der Waals surface area (Å²) < 4.78 is 10.5. The molecule has 34 heavy (non-hydrogen) atoms. The minimum atomic E-state index is -0.943. The summed E-state index contributed by atoms with van der Waals surface area (Å²) in [5, 5.41) is 22.1. The normalized spacial score (nSPS) is 11.3. The zero-order valence-electron chi connectivity index (χ0n) is 17.5. The third-order valence-electron chi connectivity index (χ3n) is 4.69. The Morgan fingerprint density at radius 3 is 1.71 bits per heavy atom. The van der Waals surface area contributed by atoms with E-state index in [-0.39, 0.29) is 35.7 Å². The van der Waals surface area contributed by atoms with Gasteiger partial charge in [0.15, 0.2) is 0 Å². The van der Waals surface area contributed by atoms with Crippen LogP contribution in [0.15, 0.2) is 72.8 Å². The number of hydrogen-bond donors (Lipinski definition) is 0. The average molecular weight is 485 g/mol. The highest BCUT2D eigenvalue weighted by Crippen LogP contribution is 2.23. The van der Waals surface area contributed by atoms with Crippen molar-refractivity contribution in [1.29, 1.82) is 0 Å². The summed E-state index contributed by atoms with van der Waals surface area (Å²) in [5.41, 5.74) is 0.398. The Morgan fingerprint density at radius 1 is 0.765 bits per heavy atom. The van der Waals surface area contributed by atoms with Crippen molar-refractivity contribution in [2.45, 2.75) is 12.8 Å². The fourth-order valence-corrected chi connectivity index (χ4v) is 3.12. The van der Waals surface area contributed by atoms with Crippen LogP contribution in [0.2, 0.25) is 5.02 Å². The van der Waals surface area contributed by atoms with E-state index in [0.717, 1.165) is 5.56 Å². The van der Waals surface area contributed by atoms with Crippen molar-refractivity contribution in [2.75, 3.05) is 0 Å². The first-order chi connectivity index (χ1) is 16.2. The maximum Gasteiger partial charge on any atom is 0.315 e. The molecular weight excluding hydrogens is 468 g/mol. The van der Waals surface area contributed by atoms with Crippen molar-refractivity contribution in [3.63, 3.8) is 0 Å². The van der Waals surface area contributed by atoms with Crippen molar-refractivity contribution in [3.05, 3.63) is 104 Å². The largest absolute Gasteiger partial charge is 0.427 e. The van der Waals surface area contributed by atoms with E-state index in [2.05, 4.69) is 0 Å². The van der Waals surface area contributed by atoms with Crippen molar-refractivity contribution in [2.24, 2.45) is 5.92 Å². The number of nitro groups is 2. The van der Waals surface area contributed by atoms with Gasteiger partial charge in [-0.25, -0.2) is 0 Å². The monoisotopic (exact) mass is 484 g/mol. The van der Waals surface area contributed by atoms with Gasteiger partial charge in [-0.05, 0) is 48.4 Å². The lowest BCUT2D eigenvalue weighted by atomic mass is 9.96. The van der Waals surface area contributed by atoms with Gasteiger partial charge >= 0.3 is 11.9 Å². The zero-order valence-corrected chi connectivity index (χ0v) is 18.2. The smallest absolute Gasteiger partial charge is 0.315 e. The van der Waals surface area contributed by atoms with Crippen LogP contribution in [0.25, 0.3) is 0 Å². The van der Waals surface area contributed by atoms with E-state index in [1.807, 2.05) is 0 Å². The van der Waals surface area contributed by atoms with E-state index in [0.29, 0.717) is 5.02 Å². The molecule has 0 aliphatic rings. The number of carbonyl (C=O) groups is 2. The summed E-state index contributed by atoms with van der Waals surface area (Å²) >= 11 is 5.90. The lowest BCUT2D eigenvalue weighted by molar-refractivity contribution is -0.385. The molecule has 1 unspecified atom stereocenters. The average Bonchev–Trinajstić information content (AvgIpc) is 2.80. The Balaban J connectivity index is 1.73. The molecule has 3 aromatic carbocycles. The fourth-order valence-electron chi connectivity index (χ4n) is 2.99. The standard InChI is InChI=1S/C23H17ClN2O8/c24-17-3-1-15(2-4-17)13-16(23(28)34-21-11-7-19(8-12-21)26(31)32)14-22(27)33-20-9-5-18(6-10-20)25(29)30/h1-12,16H,13-14H2. The van der Waals surface area contributed by atoms with Crippen LogP contribution in [0.1, 0.15) is 12.0 Å². The van der Waals surface area contributed by atoms with Crippen molar-refractivity contribution >= 4 is 34.9 Å². The molecule has 174 valence electrons.